The first-order valence-corrected chi connectivity index (χ1v) is 6.24. The van der Waals surface area contributed by atoms with Gasteiger partial charge in [0.2, 0.25) is 0 Å². The lowest BCUT2D eigenvalue weighted by molar-refractivity contribution is 0.187. The normalized spacial score (nSPS) is 11.5. The monoisotopic (exact) mass is 239 g/mol. The molecular formula is C14H22FNO. The van der Waals surface area contributed by atoms with Crippen LogP contribution in [0.25, 0.3) is 0 Å². The fourth-order valence-electron chi connectivity index (χ4n) is 1.94. The first kappa shape index (κ1) is 14.0. The topological polar surface area (TPSA) is 35.2 Å². The Morgan fingerprint density at radius 2 is 2.00 bits per heavy atom. The van der Waals surface area contributed by atoms with Gasteiger partial charge >= 0.3 is 0 Å². The minimum absolute atomic E-state index is 0.160. The van der Waals surface area contributed by atoms with Gasteiger partial charge in [-0.15, -0.1) is 0 Å². The molecule has 17 heavy (non-hydrogen) atoms. The van der Waals surface area contributed by atoms with E-state index in [0.29, 0.717) is 18.9 Å². The van der Waals surface area contributed by atoms with E-state index in [2.05, 4.69) is 13.8 Å². The van der Waals surface area contributed by atoms with Crippen LogP contribution in [-0.2, 0) is 0 Å². The van der Waals surface area contributed by atoms with Gasteiger partial charge in [0.15, 0.2) is 0 Å². The lowest BCUT2D eigenvalue weighted by Gasteiger charge is -2.29. The smallest absolute Gasteiger partial charge is 0.126 e. The van der Waals surface area contributed by atoms with Crippen molar-refractivity contribution in [2.75, 3.05) is 13.2 Å². The van der Waals surface area contributed by atoms with E-state index in [1.807, 2.05) is 0 Å². The maximum Gasteiger partial charge on any atom is 0.126 e. The first-order chi connectivity index (χ1) is 8.15. The number of benzene rings is 1. The van der Waals surface area contributed by atoms with E-state index in [4.69, 9.17) is 10.5 Å². The highest BCUT2D eigenvalue weighted by atomic mass is 19.1. The first-order valence-electron chi connectivity index (χ1n) is 6.24. The number of halogens is 1. The van der Waals surface area contributed by atoms with Crippen LogP contribution in [0.5, 0.6) is 5.75 Å². The summed E-state index contributed by atoms with van der Waals surface area (Å²) < 4.78 is 18.5. The highest BCUT2D eigenvalue weighted by Crippen LogP contribution is 2.29. The summed E-state index contributed by atoms with van der Waals surface area (Å²) in [7, 11) is 0. The van der Waals surface area contributed by atoms with Gasteiger partial charge in [-0.05, 0) is 43.4 Å². The molecular weight excluding hydrogens is 217 g/mol. The second-order valence-electron chi connectivity index (χ2n) is 4.47. The molecule has 0 unspecified atom stereocenters. The summed E-state index contributed by atoms with van der Waals surface area (Å²) >= 11 is 0. The molecule has 0 aliphatic carbocycles. The van der Waals surface area contributed by atoms with Crippen LogP contribution in [0.3, 0.4) is 0 Å². The quantitative estimate of drug-likeness (QED) is 0.792. The minimum Gasteiger partial charge on any atom is -0.493 e. The van der Waals surface area contributed by atoms with Gasteiger partial charge in [0, 0.05) is 6.07 Å². The molecule has 0 heterocycles. The third-order valence-corrected chi connectivity index (χ3v) is 3.63. The van der Waals surface area contributed by atoms with Crippen LogP contribution in [0.15, 0.2) is 24.3 Å². The molecule has 3 heteroatoms. The Balaban J connectivity index is 2.46. The van der Waals surface area contributed by atoms with Crippen LogP contribution in [-0.4, -0.2) is 13.2 Å². The second kappa shape index (κ2) is 6.60. The Kier molecular flexibility index (Phi) is 5.42. The summed E-state index contributed by atoms with van der Waals surface area (Å²) in [6, 6.07) is 6.24. The average Bonchev–Trinajstić information content (AvgIpc) is 2.35. The van der Waals surface area contributed by atoms with Gasteiger partial charge in [0.25, 0.3) is 0 Å². The van der Waals surface area contributed by atoms with Crippen LogP contribution in [0.2, 0.25) is 0 Å². The number of hydrogen-bond acceptors (Lipinski definition) is 2. The van der Waals surface area contributed by atoms with Crippen LogP contribution >= 0.6 is 0 Å². The Morgan fingerprint density at radius 3 is 2.53 bits per heavy atom. The molecule has 1 aromatic carbocycles. The molecule has 2 N–H and O–H groups in total. The SMILES string of the molecule is CCC(CC)(CN)CCOc1cccc(F)c1. The van der Waals surface area contributed by atoms with Gasteiger partial charge in [0.05, 0.1) is 6.61 Å². The van der Waals surface area contributed by atoms with Crippen LogP contribution < -0.4 is 10.5 Å². The van der Waals surface area contributed by atoms with E-state index in [0.717, 1.165) is 19.3 Å². The highest BCUT2D eigenvalue weighted by Gasteiger charge is 2.23. The minimum atomic E-state index is -0.265. The van der Waals surface area contributed by atoms with Gasteiger partial charge < -0.3 is 10.5 Å². The van der Waals surface area contributed by atoms with E-state index >= 15 is 0 Å². The molecule has 0 amide bonds. The number of rotatable bonds is 7. The summed E-state index contributed by atoms with van der Waals surface area (Å²) in [5, 5.41) is 0. The molecule has 0 atom stereocenters. The second-order valence-corrected chi connectivity index (χ2v) is 4.47. The zero-order chi connectivity index (χ0) is 12.7. The van der Waals surface area contributed by atoms with Crippen LogP contribution in [0, 0.1) is 11.2 Å². The highest BCUT2D eigenvalue weighted by molar-refractivity contribution is 5.22. The van der Waals surface area contributed by atoms with E-state index in [-0.39, 0.29) is 11.2 Å². The Bertz CT molecular complexity index is 328. The zero-order valence-corrected chi connectivity index (χ0v) is 10.7. The molecule has 1 aromatic rings. The lowest BCUT2D eigenvalue weighted by Crippen LogP contribution is -2.31. The largest absolute Gasteiger partial charge is 0.493 e. The maximum absolute atomic E-state index is 12.9. The van der Waals surface area contributed by atoms with Crippen molar-refractivity contribution in [3.8, 4) is 5.75 Å². The van der Waals surface area contributed by atoms with Crippen molar-refractivity contribution >= 4 is 0 Å². The molecule has 0 fully saturated rings. The third kappa shape index (κ3) is 4.00. The van der Waals surface area contributed by atoms with Crippen molar-refractivity contribution in [3.05, 3.63) is 30.1 Å². The van der Waals surface area contributed by atoms with Crippen LogP contribution in [0.1, 0.15) is 33.1 Å². The molecule has 1 rings (SSSR count). The molecule has 0 spiro atoms. The van der Waals surface area contributed by atoms with Crippen molar-refractivity contribution in [1.82, 2.24) is 0 Å². The van der Waals surface area contributed by atoms with Gasteiger partial charge in [-0.25, -0.2) is 4.39 Å². The van der Waals surface area contributed by atoms with Crippen molar-refractivity contribution in [3.63, 3.8) is 0 Å². The van der Waals surface area contributed by atoms with E-state index in [1.54, 1.807) is 12.1 Å². The molecule has 2 nitrogen and oxygen atoms in total. The van der Waals surface area contributed by atoms with Gasteiger partial charge in [0.1, 0.15) is 11.6 Å². The zero-order valence-electron chi connectivity index (χ0n) is 10.7. The summed E-state index contributed by atoms with van der Waals surface area (Å²) in [6.07, 6.45) is 3.01. The van der Waals surface area contributed by atoms with Crippen molar-refractivity contribution in [1.29, 1.82) is 0 Å². The van der Waals surface area contributed by atoms with Gasteiger partial charge in [-0.1, -0.05) is 19.9 Å². The van der Waals surface area contributed by atoms with Crippen molar-refractivity contribution in [2.45, 2.75) is 33.1 Å². The fraction of sp³-hybridized carbons (Fsp3) is 0.571. The van der Waals surface area contributed by atoms with E-state index in [9.17, 15) is 4.39 Å². The fourth-order valence-corrected chi connectivity index (χ4v) is 1.94. The predicted octanol–water partition coefficient (Wildman–Crippen LogP) is 3.36. The molecule has 0 saturated carbocycles. The maximum atomic E-state index is 12.9. The Morgan fingerprint density at radius 1 is 1.29 bits per heavy atom. The molecule has 0 radical (unpaired) electrons. The van der Waals surface area contributed by atoms with E-state index in [1.165, 1.54) is 12.1 Å². The number of ether oxygens (including phenoxy) is 1. The molecule has 0 aliphatic heterocycles. The molecule has 96 valence electrons. The standard InChI is InChI=1S/C14H22FNO/c1-3-14(4-2,11-16)8-9-17-13-7-5-6-12(15)10-13/h5-7,10H,3-4,8-9,11,16H2,1-2H3. The third-order valence-electron chi connectivity index (χ3n) is 3.63. The van der Waals surface area contributed by atoms with Crippen molar-refractivity contribution in [2.24, 2.45) is 11.1 Å². The summed E-state index contributed by atoms with van der Waals surface area (Å²) in [5.41, 5.74) is 5.98. The predicted molar refractivity (Wildman–Crippen MR) is 68.6 cm³/mol. The molecule has 0 aliphatic rings. The van der Waals surface area contributed by atoms with E-state index < -0.39 is 0 Å². The molecule has 0 saturated heterocycles. The number of nitrogens with two attached hydrogens (primary N) is 1. The van der Waals surface area contributed by atoms with Gasteiger partial charge in [-0.2, -0.15) is 0 Å². The summed E-state index contributed by atoms with van der Waals surface area (Å²) in [5.74, 6) is 0.321. The lowest BCUT2D eigenvalue weighted by atomic mass is 9.80. The Labute approximate surface area is 103 Å². The van der Waals surface area contributed by atoms with Crippen LogP contribution in [0.4, 0.5) is 4.39 Å². The summed E-state index contributed by atoms with van der Waals surface area (Å²) in [6.45, 7) is 5.56. The van der Waals surface area contributed by atoms with Crippen molar-refractivity contribution < 1.29 is 9.13 Å². The molecule has 0 aromatic heterocycles. The number of hydrogen-bond donors (Lipinski definition) is 1. The average molecular weight is 239 g/mol. The Hall–Kier alpha value is -1.09. The van der Waals surface area contributed by atoms with Gasteiger partial charge in [-0.3, -0.25) is 0 Å². The molecule has 0 bridgehead atoms. The summed E-state index contributed by atoms with van der Waals surface area (Å²) in [4.78, 5) is 0.